The number of ether oxygens (including phenoxy) is 2. The normalized spacial score (nSPS) is 14.6. The zero-order valence-corrected chi connectivity index (χ0v) is 20.2. The maximum Gasteiger partial charge on any atom is 0.219 e. The van der Waals surface area contributed by atoms with E-state index in [9.17, 15) is 0 Å². The molecule has 1 aliphatic rings. The van der Waals surface area contributed by atoms with E-state index in [1.807, 2.05) is 30.5 Å². The van der Waals surface area contributed by atoms with Crippen LogP contribution >= 0.6 is 0 Å². The fraction of sp³-hybridized carbons (Fsp3) is 0.480. The van der Waals surface area contributed by atoms with Crippen molar-refractivity contribution in [3.63, 3.8) is 0 Å². The quantitative estimate of drug-likeness (QED) is 0.311. The van der Waals surface area contributed by atoms with Crippen LogP contribution in [0.4, 0.5) is 11.5 Å². The van der Waals surface area contributed by atoms with Gasteiger partial charge in [-0.1, -0.05) is 32.0 Å². The summed E-state index contributed by atoms with van der Waals surface area (Å²) in [6, 6.07) is 10.0. The minimum atomic E-state index is 0.517. The summed E-state index contributed by atoms with van der Waals surface area (Å²) in [5.74, 6) is 1.96. The second-order valence-electron chi connectivity index (χ2n) is 8.33. The zero-order valence-electron chi connectivity index (χ0n) is 20.2. The van der Waals surface area contributed by atoms with Crippen LogP contribution in [-0.2, 0) is 4.74 Å². The molecule has 0 saturated carbocycles. The third kappa shape index (κ3) is 6.45. The molecule has 0 spiro atoms. The van der Waals surface area contributed by atoms with Crippen LogP contribution in [0.1, 0.15) is 32.5 Å². The van der Waals surface area contributed by atoms with Gasteiger partial charge in [-0.3, -0.25) is 10.3 Å². The Morgan fingerprint density at radius 3 is 2.76 bits per heavy atom. The molecule has 1 fully saturated rings. The minimum absolute atomic E-state index is 0.517. The molecule has 4 rings (SSSR count). The van der Waals surface area contributed by atoms with Gasteiger partial charge in [0, 0.05) is 55.9 Å². The van der Waals surface area contributed by atoms with E-state index in [4.69, 9.17) is 14.5 Å². The fourth-order valence-corrected chi connectivity index (χ4v) is 4.03. The van der Waals surface area contributed by atoms with E-state index in [0.717, 1.165) is 81.2 Å². The molecule has 0 radical (unpaired) electrons. The first kappa shape index (κ1) is 24.0. The maximum atomic E-state index is 6.06. The fourth-order valence-electron chi connectivity index (χ4n) is 4.03. The van der Waals surface area contributed by atoms with Crippen molar-refractivity contribution in [2.75, 3.05) is 62.9 Å². The van der Waals surface area contributed by atoms with Gasteiger partial charge < -0.3 is 19.4 Å². The van der Waals surface area contributed by atoms with Crippen molar-refractivity contribution in [1.29, 1.82) is 0 Å². The molecule has 0 atom stereocenters. The van der Waals surface area contributed by atoms with E-state index in [2.05, 4.69) is 50.2 Å². The number of hydrogen-bond acceptors (Lipinski definition) is 8. The summed E-state index contributed by atoms with van der Waals surface area (Å²) in [4.78, 5) is 17.2. The highest BCUT2D eigenvalue weighted by Crippen LogP contribution is 2.22. The van der Waals surface area contributed by atoms with Gasteiger partial charge in [0.05, 0.1) is 25.1 Å². The monoisotopic (exact) mass is 465 g/mol. The van der Waals surface area contributed by atoms with Crippen LogP contribution in [0.3, 0.4) is 0 Å². The number of H-pyrrole nitrogens is 1. The Hall–Kier alpha value is -3.17. The smallest absolute Gasteiger partial charge is 0.219 e. The van der Waals surface area contributed by atoms with E-state index in [1.54, 1.807) is 6.21 Å². The molecule has 0 unspecified atom stereocenters. The van der Waals surface area contributed by atoms with Gasteiger partial charge in [0.1, 0.15) is 12.4 Å². The highest BCUT2D eigenvalue weighted by Gasteiger charge is 2.13. The lowest BCUT2D eigenvalue weighted by molar-refractivity contribution is 0.0320. The number of hydrazone groups is 1. The topological polar surface area (TPSA) is 90.9 Å². The summed E-state index contributed by atoms with van der Waals surface area (Å²) in [7, 11) is 0. The van der Waals surface area contributed by atoms with Crippen molar-refractivity contribution in [1.82, 2.24) is 19.9 Å². The second-order valence-corrected chi connectivity index (χ2v) is 8.33. The Bertz CT molecular complexity index is 1060. The lowest BCUT2D eigenvalue weighted by Gasteiger charge is -2.26. The van der Waals surface area contributed by atoms with Gasteiger partial charge in [-0.25, -0.2) is 4.98 Å². The molecule has 9 nitrogen and oxygen atoms in total. The predicted octanol–water partition coefficient (Wildman–Crippen LogP) is 3.74. The summed E-state index contributed by atoms with van der Waals surface area (Å²) in [6.45, 7) is 11.1. The maximum absolute atomic E-state index is 6.06. The predicted molar refractivity (Wildman–Crippen MR) is 137 cm³/mol. The lowest BCUT2D eigenvalue weighted by atomic mass is 10.2. The Morgan fingerprint density at radius 2 is 1.97 bits per heavy atom. The van der Waals surface area contributed by atoms with Crippen LogP contribution in [-0.4, -0.2) is 78.6 Å². The third-order valence-corrected chi connectivity index (χ3v) is 5.73. The number of aromatic amines is 1. The van der Waals surface area contributed by atoms with Crippen LogP contribution < -0.4 is 15.1 Å². The van der Waals surface area contributed by atoms with Crippen LogP contribution in [0.15, 0.2) is 41.6 Å². The second kappa shape index (κ2) is 12.3. The summed E-state index contributed by atoms with van der Waals surface area (Å²) in [5.41, 5.74) is 5.07. The molecule has 9 heteroatoms. The number of nitrogens with one attached hydrogen (secondary N) is 2. The molecule has 3 aromatic rings. The molecular formula is C25H35N7O2. The highest BCUT2D eigenvalue weighted by molar-refractivity contribution is 5.92. The molecule has 182 valence electrons. The number of nitrogens with zero attached hydrogens (tertiary/aromatic N) is 5. The van der Waals surface area contributed by atoms with Gasteiger partial charge in [0.2, 0.25) is 5.88 Å². The molecule has 0 aliphatic carbocycles. The van der Waals surface area contributed by atoms with Gasteiger partial charge in [0.15, 0.2) is 5.82 Å². The Balaban J connectivity index is 1.48. The molecule has 3 heterocycles. The first-order valence-electron chi connectivity index (χ1n) is 12.2. The molecule has 2 N–H and O–H groups in total. The number of para-hydroxylation sites is 1. The van der Waals surface area contributed by atoms with E-state index >= 15 is 0 Å². The summed E-state index contributed by atoms with van der Waals surface area (Å²) < 4.78 is 11.5. The first-order valence-corrected chi connectivity index (χ1v) is 12.2. The van der Waals surface area contributed by atoms with E-state index in [0.29, 0.717) is 18.3 Å². The van der Waals surface area contributed by atoms with Gasteiger partial charge in [-0.15, -0.1) is 0 Å². The number of rotatable bonds is 12. The molecule has 0 bridgehead atoms. The Labute approximate surface area is 201 Å². The van der Waals surface area contributed by atoms with Crippen LogP contribution in [0.2, 0.25) is 0 Å². The van der Waals surface area contributed by atoms with Crippen LogP contribution in [0.5, 0.6) is 5.88 Å². The molecule has 1 aliphatic heterocycles. The minimum Gasteiger partial charge on any atom is -0.476 e. The largest absolute Gasteiger partial charge is 0.476 e. The van der Waals surface area contributed by atoms with Crippen LogP contribution in [0.25, 0.3) is 10.9 Å². The Kier molecular flexibility index (Phi) is 8.70. The van der Waals surface area contributed by atoms with Crippen molar-refractivity contribution in [2.24, 2.45) is 5.10 Å². The van der Waals surface area contributed by atoms with Gasteiger partial charge in [-0.2, -0.15) is 10.1 Å². The number of anilines is 2. The number of benzene rings is 1. The van der Waals surface area contributed by atoms with E-state index < -0.39 is 0 Å². The van der Waals surface area contributed by atoms with E-state index in [1.165, 1.54) is 0 Å². The number of hydrogen-bond donors (Lipinski definition) is 2. The van der Waals surface area contributed by atoms with Gasteiger partial charge in [0.25, 0.3) is 0 Å². The average Bonchev–Trinajstić information content (AvgIpc) is 3.28. The number of fused-ring (bicyclic) bond motifs is 1. The van der Waals surface area contributed by atoms with Crippen molar-refractivity contribution in [2.45, 2.75) is 26.7 Å². The standard InChI is InChI=1S/C25H35N7O2/c1-3-9-32(10-4-2)24-17-25(34-16-13-31-11-14-33-15-12-31)29-23(28-24)19-27-30-22-18-26-21-8-6-5-7-20(21)22/h5-8,17-19,26,30H,3-4,9-16H2,1-2H3/b27-19+. The highest BCUT2D eigenvalue weighted by atomic mass is 16.5. The Morgan fingerprint density at radius 1 is 1.18 bits per heavy atom. The summed E-state index contributed by atoms with van der Waals surface area (Å²) in [5, 5.41) is 5.49. The molecule has 2 aromatic heterocycles. The number of morpholine rings is 1. The SMILES string of the molecule is CCCN(CCC)c1cc(OCCN2CCOCC2)nc(/C=N/Nc2c[nH]c3ccccc23)n1. The molecule has 0 amide bonds. The summed E-state index contributed by atoms with van der Waals surface area (Å²) >= 11 is 0. The van der Waals surface area contributed by atoms with Crippen molar-refractivity contribution >= 4 is 28.6 Å². The zero-order chi connectivity index (χ0) is 23.6. The third-order valence-electron chi connectivity index (χ3n) is 5.73. The van der Waals surface area contributed by atoms with Gasteiger partial charge in [-0.05, 0) is 18.9 Å². The van der Waals surface area contributed by atoms with Crippen LogP contribution in [0, 0.1) is 0 Å². The summed E-state index contributed by atoms with van der Waals surface area (Å²) in [6.07, 6.45) is 5.64. The van der Waals surface area contributed by atoms with E-state index in [-0.39, 0.29) is 0 Å². The molecular weight excluding hydrogens is 430 g/mol. The lowest BCUT2D eigenvalue weighted by Crippen LogP contribution is -2.38. The molecule has 1 aromatic carbocycles. The number of aromatic nitrogens is 3. The molecule has 34 heavy (non-hydrogen) atoms. The van der Waals surface area contributed by atoms with Gasteiger partial charge >= 0.3 is 0 Å². The molecule has 1 saturated heterocycles. The first-order chi connectivity index (χ1) is 16.8. The average molecular weight is 466 g/mol. The van der Waals surface area contributed by atoms with Crippen molar-refractivity contribution < 1.29 is 9.47 Å². The van der Waals surface area contributed by atoms with Crippen molar-refractivity contribution in [3.05, 3.63) is 42.4 Å². The van der Waals surface area contributed by atoms with Crippen molar-refractivity contribution in [3.8, 4) is 5.88 Å².